The summed E-state index contributed by atoms with van der Waals surface area (Å²) in [5.74, 6) is -1.07. The fourth-order valence-electron chi connectivity index (χ4n) is 0.460. The van der Waals surface area contributed by atoms with Crippen LogP contribution in [0, 0.1) is 11.6 Å². The molecule has 0 heterocycles. The minimum atomic E-state index is -0.537. The third kappa shape index (κ3) is 2.56. The molecule has 0 unspecified atom stereocenters. The molecule has 0 nitrogen and oxygen atoms in total. The fraction of sp³-hybridized carbons (Fsp3) is 0. The van der Waals surface area contributed by atoms with Crippen LogP contribution in [0.2, 0.25) is 0 Å². The second kappa shape index (κ2) is 3.56. The number of rotatable bonds is 0. The van der Waals surface area contributed by atoms with E-state index >= 15 is 0 Å². The zero-order valence-corrected chi connectivity index (χ0v) is 6.19. The molecule has 1 aromatic carbocycles. The standard InChI is InChI=1S/C6H4F2.BrH/c7-5-2-1-3-6(8)4-5;/h1-4H;1H. The molecule has 0 fully saturated rings. The topological polar surface area (TPSA) is 0 Å². The summed E-state index contributed by atoms with van der Waals surface area (Å²) >= 11 is 0. The third-order valence-electron chi connectivity index (χ3n) is 0.787. The summed E-state index contributed by atoms with van der Waals surface area (Å²) in [5, 5.41) is 0. The van der Waals surface area contributed by atoms with Gasteiger partial charge >= 0.3 is 0 Å². The van der Waals surface area contributed by atoms with Gasteiger partial charge in [-0.25, -0.2) is 8.78 Å². The second-order valence-electron chi connectivity index (χ2n) is 1.44. The zero-order chi connectivity index (χ0) is 5.98. The largest absolute Gasteiger partial charge is 0.207 e. The highest BCUT2D eigenvalue weighted by molar-refractivity contribution is 8.93. The van der Waals surface area contributed by atoms with Crippen LogP contribution in [0.15, 0.2) is 24.3 Å². The Morgan fingerprint density at radius 1 is 1.00 bits per heavy atom. The van der Waals surface area contributed by atoms with E-state index in [0.29, 0.717) is 0 Å². The minimum absolute atomic E-state index is 0. The first-order chi connectivity index (χ1) is 3.79. The summed E-state index contributed by atoms with van der Waals surface area (Å²) in [4.78, 5) is 0. The van der Waals surface area contributed by atoms with Crippen LogP contribution in [-0.4, -0.2) is 0 Å². The first kappa shape index (κ1) is 8.56. The van der Waals surface area contributed by atoms with Gasteiger partial charge in [0.05, 0.1) is 0 Å². The summed E-state index contributed by atoms with van der Waals surface area (Å²) in [6, 6.07) is 4.55. The summed E-state index contributed by atoms with van der Waals surface area (Å²) in [5.41, 5.74) is 0. The fourth-order valence-corrected chi connectivity index (χ4v) is 0.460. The normalized spacial score (nSPS) is 8.22. The average Bonchev–Trinajstić information content (AvgIpc) is 1.64. The van der Waals surface area contributed by atoms with E-state index in [1.807, 2.05) is 0 Å². The van der Waals surface area contributed by atoms with Gasteiger partial charge in [0.25, 0.3) is 0 Å². The lowest BCUT2D eigenvalue weighted by atomic mass is 10.3. The van der Waals surface area contributed by atoms with Crippen molar-refractivity contribution in [1.82, 2.24) is 0 Å². The zero-order valence-electron chi connectivity index (χ0n) is 4.47. The van der Waals surface area contributed by atoms with E-state index in [1.165, 1.54) is 18.2 Å². The average molecular weight is 195 g/mol. The van der Waals surface area contributed by atoms with Gasteiger partial charge in [0.1, 0.15) is 11.6 Å². The van der Waals surface area contributed by atoms with Gasteiger partial charge < -0.3 is 0 Å². The molecule has 0 atom stereocenters. The maximum atomic E-state index is 11.9. The molecule has 0 radical (unpaired) electrons. The lowest BCUT2D eigenvalue weighted by Crippen LogP contribution is -1.73. The highest BCUT2D eigenvalue weighted by Gasteiger charge is 1.88. The number of benzene rings is 1. The van der Waals surface area contributed by atoms with E-state index in [9.17, 15) is 8.78 Å². The van der Waals surface area contributed by atoms with E-state index in [1.54, 1.807) is 0 Å². The number of hydrogen-bond acceptors (Lipinski definition) is 0. The number of halogens is 3. The molecule has 0 spiro atoms. The number of hydrogen-bond donors (Lipinski definition) is 0. The molecule has 1 rings (SSSR count). The molecule has 0 aliphatic rings. The Morgan fingerprint density at radius 3 is 1.67 bits per heavy atom. The van der Waals surface area contributed by atoms with Crippen LogP contribution in [0.4, 0.5) is 8.78 Å². The van der Waals surface area contributed by atoms with Crippen molar-refractivity contribution in [1.29, 1.82) is 0 Å². The van der Waals surface area contributed by atoms with Gasteiger partial charge in [0.2, 0.25) is 0 Å². The van der Waals surface area contributed by atoms with E-state index in [0.717, 1.165) is 6.07 Å². The van der Waals surface area contributed by atoms with E-state index in [2.05, 4.69) is 0 Å². The van der Waals surface area contributed by atoms with Crippen molar-refractivity contribution in [2.45, 2.75) is 0 Å². The lowest BCUT2D eigenvalue weighted by molar-refractivity contribution is 0.583. The molecule has 0 aromatic heterocycles. The van der Waals surface area contributed by atoms with Crippen LogP contribution in [-0.2, 0) is 0 Å². The van der Waals surface area contributed by atoms with E-state index in [4.69, 9.17) is 0 Å². The van der Waals surface area contributed by atoms with Crippen LogP contribution in [0.1, 0.15) is 0 Å². The molecule has 0 saturated heterocycles. The van der Waals surface area contributed by atoms with Gasteiger partial charge in [0.15, 0.2) is 0 Å². The quantitative estimate of drug-likeness (QED) is 0.596. The lowest BCUT2D eigenvalue weighted by Gasteiger charge is -1.84. The maximum Gasteiger partial charge on any atom is 0.126 e. The predicted octanol–water partition coefficient (Wildman–Crippen LogP) is 2.54. The van der Waals surface area contributed by atoms with Gasteiger partial charge in [-0.05, 0) is 12.1 Å². The molecule has 0 N–H and O–H groups in total. The first-order valence-corrected chi connectivity index (χ1v) is 2.20. The Labute approximate surface area is 62.3 Å². The molecule has 0 aliphatic carbocycles. The maximum absolute atomic E-state index is 11.9. The van der Waals surface area contributed by atoms with Gasteiger partial charge in [-0.2, -0.15) is 0 Å². The van der Waals surface area contributed by atoms with Crippen LogP contribution in [0.25, 0.3) is 0 Å². The van der Waals surface area contributed by atoms with Gasteiger partial charge in [-0.15, -0.1) is 17.0 Å². The minimum Gasteiger partial charge on any atom is -0.207 e. The monoisotopic (exact) mass is 194 g/mol. The third-order valence-corrected chi connectivity index (χ3v) is 0.787. The van der Waals surface area contributed by atoms with Crippen molar-refractivity contribution in [3.05, 3.63) is 35.9 Å². The smallest absolute Gasteiger partial charge is 0.126 e. The van der Waals surface area contributed by atoms with Crippen molar-refractivity contribution in [3.63, 3.8) is 0 Å². The molecule has 0 aliphatic heterocycles. The van der Waals surface area contributed by atoms with E-state index < -0.39 is 11.6 Å². The SMILES string of the molecule is Br.Fc1cccc(F)c1. The summed E-state index contributed by atoms with van der Waals surface area (Å²) < 4.78 is 23.9. The Balaban J connectivity index is 0.000000640. The Bertz CT molecular complexity index is 171. The summed E-state index contributed by atoms with van der Waals surface area (Å²) in [6.07, 6.45) is 0. The Hall–Kier alpha value is -0.440. The molecule has 3 heteroatoms. The second-order valence-corrected chi connectivity index (χ2v) is 1.44. The predicted molar refractivity (Wildman–Crippen MR) is 36.7 cm³/mol. The van der Waals surface area contributed by atoms with Crippen molar-refractivity contribution >= 4 is 17.0 Å². The highest BCUT2D eigenvalue weighted by atomic mass is 79.9. The molecule has 0 saturated carbocycles. The van der Waals surface area contributed by atoms with Gasteiger partial charge in [-0.3, -0.25) is 0 Å². The van der Waals surface area contributed by atoms with Gasteiger partial charge in [0, 0.05) is 6.07 Å². The molecular formula is C6H5BrF2. The first-order valence-electron chi connectivity index (χ1n) is 2.20. The van der Waals surface area contributed by atoms with Gasteiger partial charge in [-0.1, -0.05) is 6.07 Å². The van der Waals surface area contributed by atoms with Crippen LogP contribution >= 0.6 is 17.0 Å². The summed E-state index contributed by atoms with van der Waals surface area (Å²) in [6.45, 7) is 0. The van der Waals surface area contributed by atoms with Crippen LogP contribution in [0.5, 0.6) is 0 Å². The van der Waals surface area contributed by atoms with Crippen molar-refractivity contribution in [3.8, 4) is 0 Å². The van der Waals surface area contributed by atoms with Crippen molar-refractivity contribution < 1.29 is 8.78 Å². The molecule has 1 aromatic rings. The molecule has 50 valence electrons. The molecule has 0 bridgehead atoms. The highest BCUT2D eigenvalue weighted by Crippen LogP contribution is 1.99. The molecular weight excluding hydrogens is 190 g/mol. The molecule has 9 heavy (non-hydrogen) atoms. The van der Waals surface area contributed by atoms with Crippen LogP contribution < -0.4 is 0 Å². The Kier molecular flexibility index (Phi) is 3.39. The Morgan fingerprint density at radius 2 is 1.44 bits per heavy atom. The van der Waals surface area contributed by atoms with Crippen LogP contribution in [0.3, 0.4) is 0 Å². The molecule has 0 amide bonds. The van der Waals surface area contributed by atoms with Crippen molar-refractivity contribution in [2.75, 3.05) is 0 Å². The van der Waals surface area contributed by atoms with Crippen molar-refractivity contribution in [2.24, 2.45) is 0 Å². The van der Waals surface area contributed by atoms with E-state index in [-0.39, 0.29) is 17.0 Å². The summed E-state index contributed by atoms with van der Waals surface area (Å²) in [7, 11) is 0.